The molecule has 1 aliphatic rings. The third kappa shape index (κ3) is 2.37. The van der Waals surface area contributed by atoms with Gasteiger partial charge in [-0.25, -0.2) is 0 Å². The first-order valence-electron chi connectivity index (χ1n) is 4.62. The van der Waals surface area contributed by atoms with Gasteiger partial charge in [-0.3, -0.25) is 4.79 Å². The Labute approximate surface area is 95.8 Å². The number of ether oxygens (including phenoxy) is 1. The Morgan fingerprint density at radius 2 is 2.27 bits per heavy atom. The highest BCUT2D eigenvalue weighted by atomic mass is 79.9. The van der Waals surface area contributed by atoms with Crippen LogP contribution in [0.15, 0.2) is 22.7 Å². The first kappa shape index (κ1) is 10.2. The van der Waals surface area contributed by atoms with Crippen molar-refractivity contribution in [3.05, 3.63) is 28.2 Å². The van der Waals surface area contributed by atoms with Crippen LogP contribution in [0.2, 0.25) is 0 Å². The van der Waals surface area contributed by atoms with Crippen molar-refractivity contribution in [2.75, 3.05) is 0 Å². The van der Waals surface area contributed by atoms with E-state index in [1.807, 2.05) is 6.07 Å². The van der Waals surface area contributed by atoms with Gasteiger partial charge in [-0.05, 0) is 31.0 Å². The third-order valence-electron chi connectivity index (χ3n) is 2.18. The SMILES string of the molecule is N#Cc1cc(Br)ccc1OC(=O)C1CC1. The molecule has 0 unspecified atom stereocenters. The second kappa shape index (κ2) is 4.03. The van der Waals surface area contributed by atoms with Crippen molar-refractivity contribution >= 4 is 21.9 Å². The van der Waals surface area contributed by atoms with E-state index in [1.54, 1.807) is 18.2 Å². The minimum Gasteiger partial charge on any atom is -0.425 e. The Morgan fingerprint density at radius 3 is 2.87 bits per heavy atom. The van der Waals surface area contributed by atoms with E-state index in [1.165, 1.54) is 0 Å². The average molecular weight is 266 g/mol. The number of nitriles is 1. The molecule has 0 atom stereocenters. The quantitative estimate of drug-likeness (QED) is 0.610. The summed E-state index contributed by atoms with van der Waals surface area (Å²) in [6.07, 6.45) is 1.80. The van der Waals surface area contributed by atoms with Crippen LogP contribution in [0.1, 0.15) is 18.4 Å². The highest BCUT2D eigenvalue weighted by Crippen LogP contribution is 2.32. The summed E-state index contributed by atoms with van der Waals surface area (Å²) in [5.41, 5.74) is 0.373. The Morgan fingerprint density at radius 1 is 1.53 bits per heavy atom. The van der Waals surface area contributed by atoms with Crippen LogP contribution in [-0.2, 0) is 4.79 Å². The molecule has 0 radical (unpaired) electrons. The van der Waals surface area contributed by atoms with Gasteiger partial charge >= 0.3 is 5.97 Å². The predicted octanol–water partition coefficient (Wildman–Crippen LogP) is 2.64. The van der Waals surface area contributed by atoms with Crippen LogP contribution in [0.3, 0.4) is 0 Å². The lowest BCUT2D eigenvalue weighted by molar-refractivity contribution is -0.135. The summed E-state index contributed by atoms with van der Waals surface area (Å²) >= 11 is 3.25. The normalized spacial score (nSPS) is 14.4. The van der Waals surface area contributed by atoms with Gasteiger partial charge in [-0.1, -0.05) is 15.9 Å². The van der Waals surface area contributed by atoms with Crippen LogP contribution < -0.4 is 4.74 Å². The Balaban J connectivity index is 2.20. The fraction of sp³-hybridized carbons (Fsp3) is 0.273. The molecule has 0 amide bonds. The number of hydrogen-bond donors (Lipinski definition) is 0. The molecule has 0 spiro atoms. The first-order valence-corrected chi connectivity index (χ1v) is 5.41. The van der Waals surface area contributed by atoms with E-state index in [9.17, 15) is 4.79 Å². The summed E-state index contributed by atoms with van der Waals surface area (Å²) in [6.45, 7) is 0. The number of carbonyl (C=O) groups is 1. The van der Waals surface area contributed by atoms with E-state index >= 15 is 0 Å². The van der Waals surface area contributed by atoms with Crippen molar-refractivity contribution in [1.82, 2.24) is 0 Å². The van der Waals surface area contributed by atoms with Gasteiger partial charge in [0.25, 0.3) is 0 Å². The molecule has 3 nitrogen and oxygen atoms in total. The van der Waals surface area contributed by atoms with Crippen molar-refractivity contribution in [2.24, 2.45) is 5.92 Å². The number of benzene rings is 1. The van der Waals surface area contributed by atoms with Gasteiger partial charge in [0.05, 0.1) is 11.5 Å². The highest BCUT2D eigenvalue weighted by molar-refractivity contribution is 9.10. The molecule has 0 N–H and O–H groups in total. The summed E-state index contributed by atoms with van der Waals surface area (Å²) < 4.78 is 5.93. The van der Waals surface area contributed by atoms with Crippen LogP contribution in [0, 0.1) is 17.2 Å². The monoisotopic (exact) mass is 265 g/mol. The predicted molar refractivity (Wildman–Crippen MR) is 57.2 cm³/mol. The standard InChI is InChI=1S/C11H8BrNO2/c12-9-3-4-10(8(5-9)6-13)15-11(14)7-1-2-7/h3-5,7H,1-2H2. The summed E-state index contributed by atoms with van der Waals surface area (Å²) in [4.78, 5) is 11.4. The zero-order valence-electron chi connectivity index (χ0n) is 7.87. The molecule has 15 heavy (non-hydrogen) atoms. The lowest BCUT2D eigenvalue weighted by atomic mass is 10.2. The first-order chi connectivity index (χ1) is 7.20. The maximum Gasteiger partial charge on any atom is 0.314 e. The second-order valence-corrected chi connectivity index (χ2v) is 4.36. The molecule has 4 heteroatoms. The van der Waals surface area contributed by atoms with Gasteiger partial charge in [0.15, 0.2) is 0 Å². The van der Waals surface area contributed by atoms with Crippen molar-refractivity contribution in [3.8, 4) is 11.8 Å². The number of halogens is 1. The van der Waals surface area contributed by atoms with E-state index in [-0.39, 0.29) is 11.9 Å². The minimum atomic E-state index is -0.228. The average Bonchev–Trinajstić information content (AvgIpc) is 3.04. The van der Waals surface area contributed by atoms with Crippen LogP contribution in [0.4, 0.5) is 0 Å². The van der Waals surface area contributed by atoms with Gasteiger partial charge in [0, 0.05) is 4.47 Å². The lowest BCUT2D eigenvalue weighted by Gasteiger charge is -2.04. The molecule has 1 aliphatic carbocycles. The van der Waals surface area contributed by atoms with Gasteiger partial charge in [-0.15, -0.1) is 0 Å². The van der Waals surface area contributed by atoms with Gasteiger partial charge < -0.3 is 4.74 Å². The molecule has 2 rings (SSSR count). The Bertz CT molecular complexity index is 446. The molecule has 1 saturated carbocycles. The van der Waals surface area contributed by atoms with Gasteiger partial charge in [0.1, 0.15) is 11.8 Å². The van der Waals surface area contributed by atoms with Crippen molar-refractivity contribution in [3.63, 3.8) is 0 Å². The largest absolute Gasteiger partial charge is 0.425 e. The van der Waals surface area contributed by atoms with Crippen molar-refractivity contribution < 1.29 is 9.53 Å². The van der Waals surface area contributed by atoms with Crippen LogP contribution in [0.25, 0.3) is 0 Å². The molecule has 1 aromatic carbocycles. The van der Waals surface area contributed by atoms with E-state index in [0.717, 1.165) is 17.3 Å². The molecule has 0 aliphatic heterocycles. The maximum atomic E-state index is 11.4. The van der Waals surface area contributed by atoms with E-state index in [2.05, 4.69) is 15.9 Å². The molecule has 0 bridgehead atoms. The smallest absolute Gasteiger partial charge is 0.314 e. The van der Waals surface area contributed by atoms with Crippen LogP contribution in [-0.4, -0.2) is 5.97 Å². The fourth-order valence-electron chi connectivity index (χ4n) is 1.19. The van der Waals surface area contributed by atoms with Crippen molar-refractivity contribution in [2.45, 2.75) is 12.8 Å². The van der Waals surface area contributed by atoms with Gasteiger partial charge in [0.2, 0.25) is 0 Å². The summed E-state index contributed by atoms with van der Waals surface area (Å²) in [5.74, 6) is 0.159. The summed E-state index contributed by atoms with van der Waals surface area (Å²) in [7, 11) is 0. The maximum absolute atomic E-state index is 11.4. The molecule has 0 saturated heterocycles. The highest BCUT2D eigenvalue weighted by Gasteiger charge is 2.32. The molecular weight excluding hydrogens is 258 g/mol. The number of rotatable bonds is 2. The third-order valence-corrected chi connectivity index (χ3v) is 2.68. The zero-order chi connectivity index (χ0) is 10.8. The fourth-order valence-corrected chi connectivity index (χ4v) is 1.55. The number of carbonyl (C=O) groups excluding carboxylic acids is 1. The summed E-state index contributed by atoms with van der Waals surface area (Å²) in [6, 6.07) is 7.00. The zero-order valence-corrected chi connectivity index (χ0v) is 9.45. The molecule has 1 fully saturated rings. The number of nitrogens with zero attached hydrogens (tertiary/aromatic N) is 1. The van der Waals surface area contributed by atoms with Crippen LogP contribution >= 0.6 is 15.9 Å². The molecule has 1 aromatic rings. The lowest BCUT2D eigenvalue weighted by Crippen LogP contribution is -2.10. The van der Waals surface area contributed by atoms with E-state index < -0.39 is 0 Å². The molecular formula is C11H8BrNO2. The molecule has 76 valence electrons. The number of esters is 1. The molecule has 0 aromatic heterocycles. The van der Waals surface area contributed by atoms with E-state index in [0.29, 0.717) is 11.3 Å². The Hall–Kier alpha value is -1.34. The van der Waals surface area contributed by atoms with E-state index in [4.69, 9.17) is 10.00 Å². The minimum absolute atomic E-state index is 0.0418. The molecule has 0 heterocycles. The van der Waals surface area contributed by atoms with Gasteiger partial charge in [-0.2, -0.15) is 5.26 Å². The second-order valence-electron chi connectivity index (χ2n) is 3.45. The Kier molecular flexibility index (Phi) is 2.74. The van der Waals surface area contributed by atoms with Crippen LogP contribution in [0.5, 0.6) is 5.75 Å². The summed E-state index contributed by atoms with van der Waals surface area (Å²) in [5, 5.41) is 8.85. The number of hydrogen-bond acceptors (Lipinski definition) is 3. The topological polar surface area (TPSA) is 50.1 Å². The van der Waals surface area contributed by atoms with Crippen molar-refractivity contribution in [1.29, 1.82) is 5.26 Å².